The molecule has 4 nitrogen and oxygen atoms in total. The van der Waals surface area contributed by atoms with Gasteiger partial charge in [-0.1, -0.05) is 13.0 Å². The molecule has 16 heavy (non-hydrogen) atoms. The number of ether oxygens (including phenoxy) is 3. The molecule has 4 heteroatoms. The first kappa shape index (κ1) is 15.3. The number of allylic oxidation sites excluding steroid dienone is 1. The summed E-state index contributed by atoms with van der Waals surface area (Å²) < 4.78 is 15.3. The van der Waals surface area contributed by atoms with E-state index in [2.05, 4.69) is 6.92 Å². The van der Waals surface area contributed by atoms with E-state index in [4.69, 9.17) is 14.2 Å². The highest BCUT2D eigenvalue weighted by atomic mass is 16.7. The molecule has 0 spiro atoms. The molecule has 1 atom stereocenters. The smallest absolute Gasteiger partial charge is 0.146 e. The van der Waals surface area contributed by atoms with Gasteiger partial charge in [-0.15, -0.1) is 0 Å². The predicted octanol–water partition coefficient (Wildman–Crippen LogP) is 1.79. The minimum atomic E-state index is 0.272. The fraction of sp³-hybridized carbons (Fsp3) is 0.750. The molecule has 0 unspecified atom stereocenters. The molecule has 0 saturated carbocycles. The lowest BCUT2D eigenvalue weighted by molar-refractivity contribution is -0.104. The molecule has 0 aliphatic rings. The monoisotopic (exact) mass is 230 g/mol. The molecule has 0 aliphatic carbocycles. The molecule has 0 aromatic rings. The third-order valence-electron chi connectivity index (χ3n) is 2.14. The fourth-order valence-corrected chi connectivity index (χ4v) is 1.15. The van der Waals surface area contributed by atoms with Gasteiger partial charge in [0.25, 0.3) is 0 Å². The molecule has 0 fully saturated rings. The molecular weight excluding hydrogens is 208 g/mol. The summed E-state index contributed by atoms with van der Waals surface area (Å²) in [5.41, 5.74) is 0.746. The summed E-state index contributed by atoms with van der Waals surface area (Å²) in [6.07, 6.45) is 3.74. The number of carbonyl (C=O) groups is 1. The Kier molecular flexibility index (Phi) is 10.3. The van der Waals surface area contributed by atoms with Crippen LogP contribution in [0.5, 0.6) is 0 Å². The third-order valence-corrected chi connectivity index (χ3v) is 2.14. The zero-order chi connectivity index (χ0) is 12.2. The Morgan fingerprint density at radius 1 is 1.31 bits per heavy atom. The van der Waals surface area contributed by atoms with Crippen molar-refractivity contribution >= 4 is 6.29 Å². The molecular formula is C12H22O4. The summed E-state index contributed by atoms with van der Waals surface area (Å²) >= 11 is 0. The predicted molar refractivity (Wildman–Crippen MR) is 62.2 cm³/mol. The maximum atomic E-state index is 10.5. The summed E-state index contributed by atoms with van der Waals surface area (Å²) in [4.78, 5) is 10.5. The molecule has 0 amide bonds. The van der Waals surface area contributed by atoms with Crippen LogP contribution in [0, 0.1) is 5.92 Å². The van der Waals surface area contributed by atoms with Crippen LogP contribution in [-0.2, 0) is 19.0 Å². The fourth-order valence-electron chi connectivity index (χ4n) is 1.15. The van der Waals surface area contributed by atoms with E-state index in [-0.39, 0.29) is 12.7 Å². The molecule has 0 saturated heterocycles. The van der Waals surface area contributed by atoms with Gasteiger partial charge >= 0.3 is 0 Å². The molecule has 0 radical (unpaired) electrons. The van der Waals surface area contributed by atoms with Crippen LogP contribution >= 0.6 is 0 Å². The maximum absolute atomic E-state index is 10.5. The van der Waals surface area contributed by atoms with Crippen molar-refractivity contribution in [2.45, 2.75) is 20.3 Å². The average molecular weight is 230 g/mol. The van der Waals surface area contributed by atoms with Crippen LogP contribution in [0.3, 0.4) is 0 Å². The molecule has 0 aromatic heterocycles. The van der Waals surface area contributed by atoms with Gasteiger partial charge in [-0.05, 0) is 18.9 Å². The molecule has 0 aliphatic heterocycles. The highest BCUT2D eigenvalue weighted by molar-refractivity contribution is 5.72. The van der Waals surface area contributed by atoms with Crippen LogP contribution in [0.1, 0.15) is 20.3 Å². The third kappa shape index (κ3) is 8.59. The second-order valence-electron chi connectivity index (χ2n) is 3.59. The van der Waals surface area contributed by atoms with Gasteiger partial charge in [-0.2, -0.15) is 0 Å². The molecule has 0 rings (SSSR count). The second-order valence-corrected chi connectivity index (χ2v) is 3.59. The molecule has 94 valence electrons. The quantitative estimate of drug-likeness (QED) is 0.248. The average Bonchev–Trinajstić information content (AvgIpc) is 2.31. The van der Waals surface area contributed by atoms with Gasteiger partial charge in [0.15, 0.2) is 0 Å². The van der Waals surface area contributed by atoms with Crippen molar-refractivity contribution in [3.05, 3.63) is 11.6 Å². The van der Waals surface area contributed by atoms with Crippen LogP contribution < -0.4 is 0 Å². The van der Waals surface area contributed by atoms with Gasteiger partial charge in [-0.3, -0.25) is 4.79 Å². The molecule has 0 heterocycles. The first-order chi connectivity index (χ1) is 7.74. The van der Waals surface area contributed by atoms with Gasteiger partial charge in [0.05, 0.1) is 19.8 Å². The number of hydrogen-bond acceptors (Lipinski definition) is 4. The summed E-state index contributed by atoms with van der Waals surface area (Å²) in [5, 5.41) is 0. The Morgan fingerprint density at radius 3 is 2.62 bits per heavy atom. The van der Waals surface area contributed by atoms with Crippen LogP contribution in [-0.4, -0.2) is 40.0 Å². The normalized spacial score (nSPS) is 13.8. The number of carbonyl (C=O) groups excluding carboxylic acids is 1. The lowest BCUT2D eigenvalue weighted by Crippen LogP contribution is -2.11. The Morgan fingerprint density at radius 2 is 2.06 bits per heavy atom. The Hall–Kier alpha value is -0.710. The first-order valence-corrected chi connectivity index (χ1v) is 5.52. The SMILES string of the molecule is CC[C@H](/C=C(/C)C=O)COCOCCOC. The van der Waals surface area contributed by atoms with E-state index in [0.29, 0.717) is 19.8 Å². The number of aldehydes is 1. The van der Waals surface area contributed by atoms with Gasteiger partial charge < -0.3 is 14.2 Å². The minimum absolute atomic E-state index is 0.272. The number of hydrogen-bond donors (Lipinski definition) is 0. The molecule has 0 bridgehead atoms. The van der Waals surface area contributed by atoms with Gasteiger partial charge in [0, 0.05) is 13.0 Å². The van der Waals surface area contributed by atoms with E-state index in [1.165, 1.54) is 0 Å². The van der Waals surface area contributed by atoms with Crippen LogP contribution in [0.15, 0.2) is 11.6 Å². The van der Waals surface area contributed by atoms with Crippen molar-refractivity contribution in [3.63, 3.8) is 0 Å². The van der Waals surface area contributed by atoms with E-state index in [9.17, 15) is 4.79 Å². The van der Waals surface area contributed by atoms with E-state index in [0.717, 1.165) is 18.3 Å². The topological polar surface area (TPSA) is 44.8 Å². The lowest BCUT2D eigenvalue weighted by atomic mass is 10.1. The van der Waals surface area contributed by atoms with Crippen LogP contribution in [0.2, 0.25) is 0 Å². The zero-order valence-corrected chi connectivity index (χ0v) is 10.4. The largest absolute Gasteiger partial charge is 0.382 e. The maximum Gasteiger partial charge on any atom is 0.146 e. The number of methoxy groups -OCH3 is 1. The second kappa shape index (κ2) is 10.8. The minimum Gasteiger partial charge on any atom is -0.382 e. The Bertz CT molecular complexity index is 201. The standard InChI is InChI=1S/C12H22O4/c1-4-12(7-11(2)8-13)9-16-10-15-6-5-14-3/h7-8,12H,4-6,9-10H2,1-3H3/b11-7-/t12-/m1/s1. The van der Waals surface area contributed by atoms with E-state index >= 15 is 0 Å². The number of rotatable bonds is 10. The Labute approximate surface area is 97.6 Å². The van der Waals surface area contributed by atoms with Gasteiger partial charge in [-0.25, -0.2) is 0 Å². The van der Waals surface area contributed by atoms with Gasteiger partial charge in [0.2, 0.25) is 0 Å². The van der Waals surface area contributed by atoms with Crippen molar-refractivity contribution < 1.29 is 19.0 Å². The van der Waals surface area contributed by atoms with E-state index in [1.807, 2.05) is 6.08 Å². The van der Waals surface area contributed by atoms with E-state index < -0.39 is 0 Å². The van der Waals surface area contributed by atoms with Crippen molar-refractivity contribution in [2.75, 3.05) is 33.7 Å². The van der Waals surface area contributed by atoms with Crippen LogP contribution in [0.25, 0.3) is 0 Å². The van der Waals surface area contributed by atoms with Crippen molar-refractivity contribution in [1.82, 2.24) is 0 Å². The van der Waals surface area contributed by atoms with E-state index in [1.54, 1.807) is 14.0 Å². The van der Waals surface area contributed by atoms with Crippen molar-refractivity contribution in [1.29, 1.82) is 0 Å². The first-order valence-electron chi connectivity index (χ1n) is 5.52. The highest BCUT2D eigenvalue weighted by Crippen LogP contribution is 2.07. The highest BCUT2D eigenvalue weighted by Gasteiger charge is 2.03. The molecule has 0 N–H and O–H groups in total. The van der Waals surface area contributed by atoms with Crippen molar-refractivity contribution in [3.8, 4) is 0 Å². The summed E-state index contributed by atoms with van der Waals surface area (Å²) in [6.45, 7) is 5.82. The molecule has 0 aromatic carbocycles. The Balaban J connectivity index is 3.59. The zero-order valence-electron chi connectivity index (χ0n) is 10.4. The summed E-state index contributed by atoms with van der Waals surface area (Å²) in [7, 11) is 1.63. The van der Waals surface area contributed by atoms with Crippen LogP contribution in [0.4, 0.5) is 0 Å². The summed E-state index contributed by atoms with van der Waals surface area (Å²) in [6, 6.07) is 0. The lowest BCUT2D eigenvalue weighted by Gasteiger charge is -2.11. The van der Waals surface area contributed by atoms with Crippen molar-refractivity contribution in [2.24, 2.45) is 5.92 Å². The summed E-state index contributed by atoms with van der Waals surface area (Å²) in [5.74, 6) is 0.274. The van der Waals surface area contributed by atoms with Gasteiger partial charge in [0.1, 0.15) is 13.1 Å².